The van der Waals surface area contributed by atoms with Gasteiger partial charge in [-0.2, -0.15) is 11.8 Å². The monoisotopic (exact) mass is 266 g/mol. The van der Waals surface area contributed by atoms with Crippen molar-refractivity contribution in [2.24, 2.45) is 0 Å². The van der Waals surface area contributed by atoms with Crippen LogP contribution in [0.1, 0.15) is 35.3 Å². The fourth-order valence-corrected chi connectivity index (χ4v) is 3.07. The van der Waals surface area contributed by atoms with Gasteiger partial charge in [0.1, 0.15) is 5.82 Å². The molecule has 1 aliphatic carbocycles. The van der Waals surface area contributed by atoms with E-state index in [2.05, 4.69) is 16.6 Å². The molecule has 0 aliphatic heterocycles. The molecule has 0 aromatic carbocycles. The van der Waals surface area contributed by atoms with E-state index in [1.54, 1.807) is 12.1 Å². The van der Waals surface area contributed by atoms with Gasteiger partial charge in [-0.1, -0.05) is 6.42 Å². The standard InChI is InChI=1S/C13H18N2O2S/c1-9-6-10(12(16)17)7-11(15-9)14-8-13(18-2)4-3-5-13/h6-7H,3-5,8H2,1-2H3,(H,14,15)(H,16,17). The number of hydrogen-bond acceptors (Lipinski definition) is 4. The van der Waals surface area contributed by atoms with E-state index in [9.17, 15) is 4.79 Å². The molecule has 98 valence electrons. The molecule has 1 heterocycles. The summed E-state index contributed by atoms with van der Waals surface area (Å²) in [5.74, 6) is -0.250. The van der Waals surface area contributed by atoms with Crippen LogP contribution < -0.4 is 5.32 Å². The number of pyridine rings is 1. The molecule has 1 fully saturated rings. The Morgan fingerprint density at radius 3 is 2.78 bits per heavy atom. The summed E-state index contributed by atoms with van der Waals surface area (Å²) in [6.45, 7) is 2.66. The Bertz CT molecular complexity index is 453. The van der Waals surface area contributed by atoms with Gasteiger partial charge in [0, 0.05) is 17.0 Å². The molecule has 0 bridgehead atoms. The van der Waals surface area contributed by atoms with Crippen LogP contribution in [-0.4, -0.2) is 33.6 Å². The normalized spacial score (nSPS) is 17.0. The molecule has 1 aromatic heterocycles. The lowest BCUT2D eigenvalue weighted by atomic mass is 9.84. The number of rotatable bonds is 5. The summed E-state index contributed by atoms with van der Waals surface area (Å²) in [4.78, 5) is 15.3. The summed E-state index contributed by atoms with van der Waals surface area (Å²) in [6, 6.07) is 3.18. The molecular formula is C13H18N2O2S. The van der Waals surface area contributed by atoms with Crippen molar-refractivity contribution in [3.8, 4) is 0 Å². The molecule has 2 N–H and O–H groups in total. The van der Waals surface area contributed by atoms with Crippen molar-refractivity contribution in [2.75, 3.05) is 18.1 Å². The number of aryl methyl sites for hydroxylation is 1. The minimum atomic E-state index is -0.910. The van der Waals surface area contributed by atoms with Crippen molar-refractivity contribution < 1.29 is 9.90 Å². The van der Waals surface area contributed by atoms with Crippen LogP contribution in [0.15, 0.2) is 12.1 Å². The van der Waals surface area contributed by atoms with E-state index < -0.39 is 5.97 Å². The van der Waals surface area contributed by atoms with Crippen molar-refractivity contribution in [1.29, 1.82) is 0 Å². The van der Waals surface area contributed by atoms with Crippen molar-refractivity contribution in [3.05, 3.63) is 23.4 Å². The van der Waals surface area contributed by atoms with E-state index in [1.807, 2.05) is 18.7 Å². The third-order valence-corrected chi connectivity index (χ3v) is 4.91. The highest BCUT2D eigenvalue weighted by molar-refractivity contribution is 8.00. The summed E-state index contributed by atoms with van der Waals surface area (Å²) in [5, 5.41) is 12.3. The second-order valence-electron chi connectivity index (χ2n) is 4.78. The number of carboxylic acids is 1. The van der Waals surface area contributed by atoms with Gasteiger partial charge in [-0.25, -0.2) is 9.78 Å². The molecule has 0 amide bonds. The molecule has 0 radical (unpaired) electrons. The van der Waals surface area contributed by atoms with Gasteiger partial charge >= 0.3 is 5.97 Å². The highest BCUT2D eigenvalue weighted by Gasteiger charge is 2.35. The van der Waals surface area contributed by atoms with Crippen LogP contribution in [0.25, 0.3) is 0 Å². The van der Waals surface area contributed by atoms with Gasteiger partial charge in [0.15, 0.2) is 0 Å². The summed E-state index contributed by atoms with van der Waals surface area (Å²) in [7, 11) is 0. The topological polar surface area (TPSA) is 62.2 Å². The number of thioether (sulfide) groups is 1. The second-order valence-corrected chi connectivity index (χ2v) is 6.06. The van der Waals surface area contributed by atoms with Crippen LogP contribution in [0.4, 0.5) is 5.82 Å². The Balaban J connectivity index is 2.07. The molecule has 0 atom stereocenters. The predicted octanol–water partition coefficient (Wildman–Crippen LogP) is 2.79. The third-order valence-electron chi connectivity index (χ3n) is 3.49. The molecule has 1 aromatic rings. The van der Waals surface area contributed by atoms with Crippen molar-refractivity contribution in [1.82, 2.24) is 4.98 Å². The quantitative estimate of drug-likeness (QED) is 0.858. The first kappa shape index (κ1) is 13.2. The highest BCUT2D eigenvalue weighted by Crippen LogP contribution is 2.42. The Hall–Kier alpha value is -1.23. The third kappa shape index (κ3) is 2.77. The number of nitrogens with one attached hydrogen (secondary N) is 1. The number of aromatic nitrogens is 1. The fourth-order valence-electron chi connectivity index (χ4n) is 2.16. The van der Waals surface area contributed by atoms with E-state index in [1.165, 1.54) is 19.3 Å². The van der Waals surface area contributed by atoms with Crippen LogP contribution in [0.2, 0.25) is 0 Å². The van der Waals surface area contributed by atoms with Gasteiger partial charge in [0.05, 0.1) is 5.56 Å². The Labute approximate surface area is 111 Å². The number of anilines is 1. The number of carboxylic acid groups (broad SMARTS) is 1. The minimum absolute atomic E-state index is 0.289. The van der Waals surface area contributed by atoms with Crippen LogP contribution in [0.3, 0.4) is 0 Å². The molecule has 1 aliphatic rings. The Kier molecular flexibility index (Phi) is 3.80. The molecule has 2 rings (SSSR count). The maximum absolute atomic E-state index is 11.0. The Morgan fingerprint density at radius 1 is 1.56 bits per heavy atom. The van der Waals surface area contributed by atoms with Crippen molar-refractivity contribution in [2.45, 2.75) is 30.9 Å². The van der Waals surface area contributed by atoms with E-state index in [0.29, 0.717) is 10.6 Å². The molecule has 0 spiro atoms. The lowest BCUT2D eigenvalue weighted by molar-refractivity contribution is 0.0696. The molecule has 0 unspecified atom stereocenters. The average Bonchev–Trinajstić information content (AvgIpc) is 2.27. The lowest BCUT2D eigenvalue weighted by Gasteiger charge is -2.40. The number of aromatic carboxylic acids is 1. The van der Waals surface area contributed by atoms with Gasteiger partial charge < -0.3 is 10.4 Å². The first-order valence-corrected chi connectivity index (χ1v) is 7.28. The average molecular weight is 266 g/mol. The molecule has 5 heteroatoms. The van der Waals surface area contributed by atoms with Crippen LogP contribution in [-0.2, 0) is 0 Å². The first-order valence-electron chi connectivity index (χ1n) is 6.06. The lowest BCUT2D eigenvalue weighted by Crippen LogP contribution is -2.40. The van der Waals surface area contributed by atoms with Gasteiger partial charge in [0.2, 0.25) is 0 Å². The predicted molar refractivity (Wildman–Crippen MR) is 74.5 cm³/mol. The molecule has 0 saturated heterocycles. The van der Waals surface area contributed by atoms with Gasteiger partial charge in [-0.3, -0.25) is 0 Å². The summed E-state index contributed by atoms with van der Waals surface area (Å²) >= 11 is 1.89. The molecule has 1 saturated carbocycles. The zero-order valence-corrected chi connectivity index (χ0v) is 11.5. The smallest absolute Gasteiger partial charge is 0.335 e. The molecule has 18 heavy (non-hydrogen) atoms. The van der Waals surface area contributed by atoms with E-state index in [4.69, 9.17) is 5.11 Å². The minimum Gasteiger partial charge on any atom is -0.478 e. The molecular weight excluding hydrogens is 248 g/mol. The van der Waals surface area contributed by atoms with Gasteiger partial charge in [-0.15, -0.1) is 0 Å². The van der Waals surface area contributed by atoms with E-state index in [0.717, 1.165) is 12.2 Å². The van der Waals surface area contributed by atoms with Crippen molar-refractivity contribution in [3.63, 3.8) is 0 Å². The first-order chi connectivity index (χ1) is 8.54. The number of carbonyl (C=O) groups is 1. The van der Waals surface area contributed by atoms with Crippen LogP contribution in [0.5, 0.6) is 0 Å². The fraction of sp³-hybridized carbons (Fsp3) is 0.538. The SMILES string of the molecule is CSC1(CNc2cc(C(=O)O)cc(C)n2)CCC1. The van der Waals surface area contributed by atoms with Crippen LogP contribution >= 0.6 is 11.8 Å². The summed E-state index contributed by atoms with van der Waals surface area (Å²) in [5.41, 5.74) is 1.01. The van der Waals surface area contributed by atoms with E-state index >= 15 is 0 Å². The number of nitrogens with zero attached hydrogens (tertiary/aromatic N) is 1. The Morgan fingerprint density at radius 2 is 2.28 bits per heavy atom. The summed E-state index contributed by atoms with van der Waals surface area (Å²) < 4.78 is 0.314. The zero-order valence-electron chi connectivity index (χ0n) is 10.7. The maximum atomic E-state index is 11.0. The highest BCUT2D eigenvalue weighted by atomic mass is 32.2. The van der Waals surface area contributed by atoms with Crippen LogP contribution in [0, 0.1) is 6.92 Å². The largest absolute Gasteiger partial charge is 0.478 e. The zero-order chi connectivity index (χ0) is 13.2. The number of hydrogen-bond donors (Lipinski definition) is 2. The maximum Gasteiger partial charge on any atom is 0.335 e. The van der Waals surface area contributed by atoms with E-state index in [-0.39, 0.29) is 5.56 Å². The van der Waals surface area contributed by atoms with Gasteiger partial charge in [-0.05, 0) is 38.2 Å². The van der Waals surface area contributed by atoms with Gasteiger partial charge in [0.25, 0.3) is 0 Å². The molecule has 4 nitrogen and oxygen atoms in total. The van der Waals surface area contributed by atoms with Crippen molar-refractivity contribution >= 4 is 23.5 Å². The second kappa shape index (κ2) is 5.18. The summed E-state index contributed by atoms with van der Waals surface area (Å²) in [6.07, 6.45) is 5.86.